The lowest BCUT2D eigenvalue weighted by Crippen LogP contribution is -2.09. The monoisotopic (exact) mass is 180 g/mol. The van der Waals surface area contributed by atoms with Crippen LogP contribution in [0.2, 0.25) is 5.15 Å². The number of hydrogen-bond acceptors (Lipinski definition) is 4. The minimum absolute atomic E-state index is 0. The van der Waals surface area contributed by atoms with E-state index in [1.54, 1.807) is 0 Å². The molecule has 1 aromatic rings. The number of hydrogen-bond donors (Lipinski definition) is 2. The van der Waals surface area contributed by atoms with Crippen molar-refractivity contribution in [2.45, 2.75) is 0 Å². The van der Waals surface area contributed by atoms with Gasteiger partial charge in [0.2, 0.25) is 0 Å². The molecular formula is C4H6Cl2N4. The molecule has 6 heteroatoms. The van der Waals surface area contributed by atoms with Crippen molar-refractivity contribution in [3.63, 3.8) is 0 Å². The number of aromatic nitrogens is 2. The van der Waals surface area contributed by atoms with Crippen LogP contribution in [0.3, 0.4) is 0 Å². The number of halogens is 2. The van der Waals surface area contributed by atoms with E-state index in [0.29, 0.717) is 5.82 Å². The Balaban J connectivity index is 0.000000810. The number of anilines is 1. The summed E-state index contributed by atoms with van der Waals surface area (Å²) >= 11 is 5.51. The van der Waals surface area contributed by atoms with E-state index >= 15 is 0 Å². The van der Waals surface area contributed by atoms with E-state index in [-0.39, 0.29) is 17.6 Å². The van der Waals surface area contributed by atoms with E-state index in [4.69, 9.17) is 17.4 Å². The fraction of sp³-hybridized carbons (Fsp3) is 0. The lowest BCUT2D eigenvalue weighted by Gasteiger charge is -1.96. The molecule has 0 fully saturated rings. The summed E-state index contributed by atoms with van der Waals surface area (Å²) in [5.74, 6) is 5.40. The van der Waals surface area contributed by atoms with Gasteiger partial charge in [-0.15, -0.1) is 12.4 Å². The molecule has 56 valence electrons. The van der Waals surface area contributed by atoms with Crippen LogP contribution >= 0.6 is 24.0 Å². The van der Waals surface area contributed by atoms with E-state index < -0.39 is 0 Å². The van der Waals surface area contributed by atoms with Gasteiger partial charge in [0.05, 0.1) is 0 Å². The summed E-state index contributed by atoms with van der Waals surface area (Å²) in [5, 5.41) is 0.278. The highest BCUT2D eigenvalue weighted by Gasteiger charge is 1.95. The standard InChI is InChI=1S/C4H5ClN4.ClH/c5-3-4(9-6)8-2-1-7-3;/h1-2H,6H2,(H,8,9);1H. The average Bonchev–Trinajstić information content (AvgIpc) is 1.89. The number of rotatable bonds is 1. The molecule has 0 unspecified atom stereocenters. The minimum Gasteiger partial charge on any atom is -0.306 e. The van der Waals surface area contributed by atoms with Crippen LogP contribution in [-0.4, -0.2) is 9.97 Å². The molecule has 0 amide bonds. The topological polar surface area (TPSA) is 63.8 Å². The molecule has 0 aliphatic carbocycles. The zero-order chi connectivity index (χ0) is 6.69. The summed E-state index contributed by atoms with van der Waals surface area (Å²) in [5.41, 5.74) is 2.29. The van der Waals surface area contributed by atoms with Gasteiger partial charge >= 0.3 is 0 Å². The van der Waals surface area contributed by atoms with Gasteiger partial charge in [-0.05, 0) is 0 Å². The molecule has 0 spiro atoms. The van der Waals surface area contributed by atoms with Crippen LogP contribution in [0.25, 0.3) is 0 Å². The van der Waals surface area contributed by atoms with Gasteiger partial charge in [-0.1, -0.05) is 11.6 Å². The van der Waals surface area contributed by atoms with Gasteiger partial charge < -0.3 is 5.43 Å². The first-order chi connectivity index (χ1) is 4.34. The van der Waals surface area contributed by atoms with Crippen LogP contribution in [0.5, 0.6) is 0 Å². The largest absolute Gasteiger partial charge is 0.306 e. The molecule has 0 atom stereocenters. The normalized spacial score (nSPS) is 8.20. The van der Waals surface area contributed by atoms with E-state index in [1.165, 1.54) is 12.4 Å². The lowest BCUT2D eigenvalue weighted by atomic mass is 10.7. The molecule has 0 aliphatic heterocycles. The molecule has 1 aromatic heterocycles. The Morgan fingerprint density at radius 3 is 2.40 bits per heavy atom. The van der Waals surface area contributed by atoms with Crippen LogP contribution in [0.4, 0.5) is 5.82 Å². The Bertz CT molecular complexity index is 204. The maximum Gasteiger partial charge on any atom is 0.178 e. The summed E-state index contributed by atoms with van der Waals surface area (Å²) in [6.45, 7) is 0. The van der Waals surface area contributed by atoms with E-state index in [9.17, 15) is 0 Å². The fourth-order valence-corrected chi connectivity index (χ4v) is 0.578. The SMILES string of the molecule is Cl.NNc1nccnc1Cl. The maximum atomic E-state index is 5.51. The third-order valence-electron chi connectivity index (χ3n) is 0.790. The van der Waals surface area contributed by atoms with E-state index in [2.05, 4.69) is 15.4 Å². The summed E-state index contributed by atoms with van der Waals surface area (Å²) in [4.78, 5) is 7.48. The highest BCUT2D eigenvalue weighted by molar-refractivity contribution is 6.31. The zero-order valence-corrected chi connectivity index (χ0v) is 6.49. The number of nitrogens with one attached hydrogen (secondary N) is 1. The second-order valence-corrected chi connectivity index (χ2v) is 1.70. The molecule has 0 radical (unpaired) electrons. The molecule has 0 saturated heterocycles. The summed E-state index contributed by atoms with van der Waals surface area (Å²) in [6.07, 6.45) is 2.99. The van der Waals surface area contributed by atoms with Crippen molar-refractivity contribution in [2.24, 2.45) is 5.84 Å². The first-order valence-electron chi connectivity index (χ1n) is 2.27. The second kappa shape index (κ2) is 4.27. The van der Waals surface area contributed by atoms with Gasteiger partial charge in [0.15, 0.2) is 11.0 Å². The molecular weight excluding hydrogens is 175 g/mol. The number of hydrazine groups is 1. The van der Waals surface area contributed by atoms with Crippen LogP contribution in [0, 0.1) is 0 Å². The average molecular weight is 181 g/mol. The Hall–Kier alpha value is -0.580. The van der Waals surface area contributed by atoms with Crippen LogP contribution in [-0.2, 0) is 0 Å². The van der Waals surface area contributed by atoms with Crippen LogP contribution < -0.4 is 11.3 Å². The molecule has 0 bridgehead atoms. The third-order valence-corrected chi connectivity index (χ3v) is 1.07. The fourth-order valence-electron chi connectivity index (χ4n) is 0.418. The molecule has 3 N–H and O–H groups in total. The van der Waals surface area contributed by atoms with Gasteiger partial charge in [-0.25, -0.2) is 15.8 Å². The Morgan fingerprint density at radius 2 is 2.00 bits per heavy atom. The van der Waals surface area contributed by atoms with Crippen molar-refractivity contribution in [3.05, 3.63) is 17.5 Å². The molecule has 1 heterocycles. The van der Waals surface area contributed by atoms with Gasteiger partial charge in [-0.2, -0.15) is 0 Å². The molecule has 0 saturated carbocycles. The molecule has 0 aromatic carbocycles. The third kappa shape index (κ3) is 1.98. The van der Waals surface area contributed by atoms with Gasteiger partial charge in [0.1, 0.15) is 0 Å². The van der Waals surface area contributed by atoms with Gasteiger partial charge in [0, 0.05) is 12.4 Å². The molecule has 4 nitrogen and oxygen atoms in total. The summed E-state index contributed by atoms with van der Waals surface area (Å²) in [7, 11) is 0. The van der Waals surface area contributed by atoms with Crippen LogP contribution in [0.15, 0.2) is 12.4 Å². The number of nitrogens with two attached hydrogens (primary N) is 1. The lowest BCUT2D eigenvalue weighted by molar-refractivity contribution is 1.16. The Morgan fingerprint density at radius 1 is 1.40 bits per heavy atom. The first kappa shape index (κ1) is 9.42. The maximum absolute atomic E-state index is 5.51. The quantitative estimate of drug-likeness (QED) is 0.497. The summed E-state index contributed by atoms with van der Waals surface area (Å²) < 4.78 is 0. The van der Waals surface area contributed by atoms with Crippen molar-refractivity contribution in [1.29, 1.82) is 0 Å². The number of nitrogens with zero attached hydrogens (tertiary/aromatic N) is 2. The van der Waals surface area contributed by atoms with Crippen molar-refractivity contribution in [3.8, 4) is 0 Å². The van der Waals surface area contributed by atoms with Crippen molar-refractivity contribution < 1.29 is 0 Å². The predicted octanol–water partition coefficient (Wildman–Crippen LogP) is 0.837. The van der Waals surface area contributed by atoms with Crippen molar-refractivity contribution in [1.82, 2.24) is 9.97 Å². The molecule has 10 heavy (non-hydrogen) atoms. The zero-order valence-electron chi connectivity index (χ0n) is 4.91. The second-order valence-electron chi connectivity index (χ2n) is 1.34. The molecule has 0 aliphatic rings. The number of nitrogen functional groups attached to an aromatic ring is 1. The van der Waals surface area contributed by atoms with Crippen molar-refractivity contribution >= 4 is 29.8 Å². The first-order valence-corrected chi connectivity index (χ1v) is 2.65. The minimum atomic E-state index is 0. The van der Waals surface area contributed by atoms with Crippen molar-refractivity contribution in [2.75, 3.05) is 5.43 Å². The summed E-state index contributed by atoms with van der Waals surface area (Å²) in [6, 6.07) is 0. The molecule has 1 rings (SSSR count). The predicted molar refractivity (Wildman–Crippen MR) is 42.1 cm³/mol. The highest BCUT2D eigenvalue weighted by Crippen LogP contribution is 2.11. The van der Waals surface area contributed by atoms with E-state index in [0.717, 1.165) is 0 Å². The Kier molecular flexibility index (Phi) is 4.02. The van der Waals surface area contributed by atoms with Crippen LogP contribution in [0.1, 0.15) is 0 Å². The highest BCUT2D eigenvalue weighted by atomic mass is 35.5. The van der Waals surface area contributed by atoms with Gasteiger partial charge in [0.25, 0.3) is 0 Å². The Labute approximate surface area is 69.2 Å². The van der Waals surface area contributed by atoms with E-state index in [1.807, 2.05) is 0 Å². The smallest absolute Gasteiger partial charge is 0.178 e. The van der Waals surface area contributed by atoms with Gasteiger partial charge in [-0.3, -0.25) is 0 Å².